The molecular formula is C40H53N3O15. The number of Topliss-reactive ketones (excluding diaryl/α,β-unsaturated/α-hetero) is 1. The number of hydrogen-bond donors (Lipinski definition) is 3. The van der Waals surface area contributed by atoms with Crippen molar-refractivity contribution in [3.63, 3.8) is 0 Å². The van der Waals surface area contributed by atoms with Crippen molar-refractivity contribution in [1.29, 1.82) is 0 Å². The maximum absolute atomic E-state index is 15.7. The molecule has 8 fully saturated rings. The van der Waals surface area contributed by atoms with Gasteiger partial charge in [0.25, 0.3) is 0 Å². The number of fused-ring (bicyclic) bond motifs is 9. The lowest BCUT2D eigenvalue weighted by atomic mass is 9.40. The zero-order valence-electron chi connectivity index (χ0n) is 33.9. The number of unbranched alkanes of at least 4 members (excludes halogenated alkanes) is 1. The van der Waals surface area contributed by atoms with E-state index in [1.807, 2.05) is 6.92 Å². The molecule has 0 aromatic rings. The van der Waals surface area contributed by atoms with E-state index in [9.17, 15) is 39.3 Å². The van der Waals surface area contributed by atoms with Gasteiger partial charge in [0, 0.05) is 85.0 Å². The summed E-state index contributed by atoms with van der Waals surface area (Å²) < 4.78 is 36.8. The summed E-state index contributed by atoms with van der Waals surface area (Å²) in [5, 5.41) is 40.4. The molecule has 2 heterocycles. The fraction of sp³-hybridized carbons (Fsp3) is 0.850. The maximum atomic E-state index is 15.7. The number of epoxide rings is 1. The lowest BCUT2D eigenvalue weighted by Gasteiger charge is -2.65. The number of aliphatic hydroxyl groups is 3. The van der Waals surface area contributed by atoms with Crippen molar-refractivity contribution in [3.8, 4) is 0 Å². The fourth-order valence-corrected chi connectivity index (χ4v) is 14.2. The fourth-order valence-electron chi connectivity index (χ4n) is 14.2. The zero-order chi connectivity index (χ0) is 42.4. The highest BCUT2D eigenvalue weighted by molar-refractivity contribution is 5.91. The molecule has 18 nitrogen and oxygen atoms in total. The molecule has 0 amide bonds. The average molecular weight is 816 g/mol. The number of ketones is 1. The predicted molar refractivity (Wildman–Crippen MR) is 192 cm³/mol. The molecule has 0 aromatic heterocycles. The molecule has 8 rings (SSSR count). The van der Waals surface area contributed by atoms with Crippen LogP contribution in [0.15, 0.2) is 5.11 Å². The van der Waals surface area contributed by atoms with Crippen LogP contribution in [0, 0.1) is 63.6 Å². The minimum Gasteiger partial charge on any atom is -0.462 e. The first-order valence-corrected chi connectivity index (χ1v) is 20.3. The lowest BCUT2D eigenvalue weighted by molar-refractivity contribution is -0.275. The molecule has 2 unspecified atom stereocenters. The topological polar surface area (TPSA) is 271 Å². The van der Waals surface area contributed by atoms with Crippen LogP contribution in [-0.4, -0.2) is 111 Å². The van der Waals surface area contributed by atoms with Gasteiger partial charge in [-0.15, -0.1) is 0 Å². The Bertz CT molecular complexity index is 1920. The van der Waals surface area contributed by atoms with E-state index < -0.39 is 153 Å². The van der Waals surface area contributed by atoms with Crippen LogP contribution in [0.25, 0.3) is 10.4 Å². The highest BCUT2D eigenvalue weighted by Gasteiger charge is 2.93. The molecule has 0 radical (unpaired) electrons. The van der Waals surface area contributed by atoms with Gasteiger partial charge in [0.05, 0.1) is 17.1 Å². The van der Waals surface area contributed by atoms with Gasteiger partial charge < -0.3 is 43.7 Å². The van der Waals surface area contributed by atoms with E-state index in [4.69, 9.17) is 34.0 Å². The molecule has 1 spiro atoms. The third-order valence-electron chi connectivity index (χ3n) is 16.6. The van der Waals surface area contributed by atoms with Crippen LogP contribution in [0.4, 0.5) is 0 Å². The van der Waals surface area contributed by atoms with Gasteiger partial charge in [0.1, 0.15) is 24.4 Å². The number of azide groups is 1. The standard InChI is InChI=1S/C40H53N3O15/c1-15-23-26(37(7)38(8,51)34(50)58-40(37)31(15)57-40)28(49)24-22-25(30(53-16(2)44)33(36(23,24)6)55-18(4)46)35(5)19(13-39(52)14-20(39)32(35)54-17(3)45)29(27(22)48)56-21(47)11-9-10-12-42-43-41/h15,19-20,22-26,28-33,49,51-52H,9-14H2,1-8H3/t15?,19-,20-,22+,23+,24-,25-,26+,28-,29?,30+,31-,32+,33+,35+,36-,37+,38-,39-,40+/m1/s1. The lowest BCUT2D eigenvalue weighted by Crippen LogP contribution is -2.75. The molecule has 18 heteroatoms. The Balaban J connectivity index is 1.34. The summed E-state index contributed by atoms with van der Waals surface area (Å²) in [6.07, 6.45) is -6.99. The van der Waals surface area contributed by atoms with Gasteiger partial charge in [-0.3, -0.25) is 24.0 Å². The molecule has 20 atom stereocenters. The molecule has 8 aliphatic rings. The Labute approximate surface area is 334 Å². The van der Waals surface area contributed by atoms with Crippen molar-refractivity contribution in [3.05, 3.63) is 10.4 Å². The minimum absolute atomic E-state index is 0.0462. The van der Waals surface area contributed by atoms with Crippen molar-refractivity contribution in [2.24, 2.45) is 68.7 Å². The number of aliphatic hydroxyl groups excluding tert-OH is 1. The van der Waals surface area contributed by atoms with Crippen molar-refractivity contribution in [1.82, 2.24) is 0 Å². The third-order valence-corrected chi connectivity index (χ3v) is 16.6. The first kappa shape index (κ1) is 40.9. The van der Waals surface area contributed by atoms with Crippen molar-refractivity contribution in [2.45, 2.75) is 141 Å². The van der Waals surface area contributed by atoms with Crippen LogP contribution in [-0.2, 0) is 57.2 Å². The first-order valence-electron chi connectivity index (χ1n) is 20.3. The molecule has 2 saturated heterocycles. The van der Waals surface area contributed by atoms with Crippen LogP contribution < -0.4 is 0 Å². The molecule has 3 N–H and O–H groups in total. The number of nitrogens with zero attached hydrogens (tertiary/aromatic N) is 3. The van der Waals surface area contributed by atoms with E-state index in [0.29, 0.717) is 6.42 Å². The van der Waals surface area contributed by atoms with Crippen LogP contribution in [0.1, 0.15) is 87.5 Å². The Kier molecular flexibility index (Phi) is 9.06. The third kappa shape index (κ3) is 5.01. The second kappa shape index (κ2) is 12.8. The molecule has 58 heavy (non-hydrogen) atoms. The number of carbonyl (C=O) groups excluding carboxylic acids is 6. The van der Waals surface area contributed by atoms with Gasteiger partial charge in [-0.2, -0.15) is 0 Å². The van der Waals surface area contributed by atoms with Gasteiger partial charge in [0.15, 0.2) is 17.5 Å². The Morgan fingerprint density at radius 3 is 2.09 bits per heavy atom. The van der Waals surface area contributed by atoms with Gasteiger partial charge >= 0.3 is 29.8 Å². The summed E-state index contributed by atoms with van der Waals surface area (Å²) in [5.41, 5.74) is 0.623. The monoisotopic (exact) mass is 815 g/mol. The molecule has 2 aliphatic heterocycles. The minimum atomic E-state index is -2.19. The van der Waals surface area contributed by atoms with E-state index >= 15 is 4.79 Å². The second-order valence-electron chi connectivity index (χ2n) is 19.2. The summed E-state index contributed by atoms with van der Waals surface area (Å²) in [4.78, 5) is 85.0. The molecule has 318 valence electrons. The summed E-state index contributed by atoms with van der Waals surface area (Å²) >= 11 is 0. The van der Waals surface area contributed by atoms with Gasteiger partial charge in [-0.25, -0.2) is 4.79 Å². The number of ether oxygens (including phenoxy) is 6. The van der Waals surface area contributed by atoms with Crippen LogP contribution in [0.3, 0.4) is 0 Å². The smallest absolute Gasteiger partial charge is 0.341 e. The SMILES string of the molecule is CC(=O)O[C@H]1[C@H]2[C@@H](C(=O)C(OC(=O)CCCCN=[N+]=[N-])[C@H]3C[C@@]4(O)C[C@@H]4[C@H](OC(C)=O)[C@]23C)[C@@H]2[C@@H](O)[C@@H]3[C@H](C(C)[C@H]4O[C@]45OC(=O)[C@@](C)(O)[C@]35C)[C@@]2(C)[C@H]1OC(C)=O. The molecular weight excluding hydrogens is 762 g/mol. The normalized spacial score (nSPS) is 52.3. The van der Waals surface area contributed by atoms with Crippen LogP contribution >= 0.6 is 0 Å². The maximum Gasteiger partial charge on any atom is 0.341 e. The van der Waals surface area contributed by atoms with E-state index in [-0.39, 0.29) is 32.2 Å². The molecule has 6 aliphatic carbocycles. The Morgan fingerprint density at radius 1 is 0.845 bits per heavy atom. The summed E-state index contributed by atoms with van der Waals surface area (Å²) in [7, 11) is 0. The van der Waals surface area contributed by atoms with Gasteiger partial charge in [-0.1, -0.05) is 25.9 Å². The number of hydrogen-bond acceptors (Lipinski definition) is 16. The highest BCUT2D eigenvalue weighted by atomic mass is 16.8. The number of carbonyl (C=O) groups is 6. The Hall–Kier alpha value is -3.83. The second-order valence-corrected chi connectivity index (χ2v) is 19.2. The molecule has 0 bridgehead atoms. The Morgan fingerprint density at radius 2 is 1.47 bits per heavy atom. The summed E-state index contributed by atoms with van der Waals surface area (Å²) in [6.45, 7) is 12.0. The quantitative estimate of drug-likeness (QED) is 0.0572. The first-order chi connectivity index (χ1) is 27.0. The predicted octanol–water partition coefficient (Wildman–Crippen LogP) is 2.07. The van der Waals surface area contributed by atoms with Gasteiger partial charge in [0.2, 0.25) is 5.79 Å². The van der Waals surface area contributed by atoms with Crippen molar-refractivity contribution in [2.75, 3.05) is 6.54 Å². The highest BCUT2D eigenvalue weighted by Crippen LogP contribution is 2.81. The van der Waals surface area contributed by atoms with Gasteiger partial charge in [-0.05, 0) is 56.9 Å². The van der Waals surface area contributed by atoms with Crippen molar-refractivity contribution < 1.29 is 72.5 Å². The van der Waals surface area contributed by atoms with Crippen molar-refractivity contribution >= 4 is 35.6 Å². The van der Waals surface area contributed by atoms with E-state index in [2.05, 4.69) is 10.0 Å². The van der Waals surface area contributed by atoms with E-state index in [0.717, 1.165) is 0 Å². The van der Waals surface area contributed by atoms with Crippen LogP contribution in [0.5, 0.6) is 0 Å². The van der Waals surface area contributed by atoms with E-state index in [1.165, 1.54) is 27.7 Å². The zero-order valence-corrected chi connectivity index (χ0v) is 33.9. The summed E-state index contributed by atoms with van der Waals surface area (Å²) in [5.74, 6) is -13.7. The number of rotatable bonds is 9. The molecule has 0 aromatic carbocycles. The largest absolute Gasteiger partial charge is 0.462 e. The summed E-state index contributed by atoms with van der Waals surface area (Å²) in [6, 6.07) is 0. The number of esters is 5. The van der Waals surface area contributed by atoms with Crippen LogP contribution in [0.2, 0.25) is 0 Å². The van der Waals surface area contributed by atoms with E-state index in [1.54, 1.807) is 20.8 Å². The molecule has 6 saturated carbocycles. The average Bonchev–Trinajstić information content (AvgIpc) is 4.00.